The number of hydrogen-bond donors (Lipinski definition) is 0. The molecule has 0 unspecified atom stereocenters. The molecule has 1 aliphatic heterocycles. The van der Waals surface area contributed by atoms with Crippen LogP contribution in [0, 0.1) is 5.92 Å². The zero-order valence-electron chi connectivity index (χ0n) is 9.12. The second-order valence-electron chi connectivity index (χ2n) is 4.32. The van der Waals surface area contributed by atoms with Crippen LogP contribution in [0.3, 0.4) is 0 Å². The van der Waals surface area contributed by atoms with Gasteiger partial charge < -0.3 is 4.74 Å². The van der Waals surface area contributed by atoms with Crippen LogP contribution >= 0.6 is 0 Å². The predicted molar refractivity (Wildman–Crippen MR) is 54.0 cm³/mol. The van der Waals surface area contributed by atoms with Crippen molar-refractivity contribution in [2.24, 2.45) is 5.92 Å². The molecule has 1 aromatic rings. The van der Waals surface area contributed by atoms with E-state index in [1.54, 1.807) is 30.3 Å². The number of cyclic esters (lactones) is 1. The summed E-state index contributed by atoms with van der Waals surface area (Å²) < 4.78 is 42.6. The fraction of sp³-hybridized carbons (Fsp3) is 0.417. The lowest BCUT2D eigenvalue weighted by Crippen LogP contribution is -2.27. The standard InChI is InChI=1S/C12H11F3O2/c1-11(8-5-3-2-4-6-8)7-9(10(16)17-11)12(13,14)15/h2-6,9H,7H2,1H3/t9-,11+/m0/s1. The quantitative estimate of drug-likeness (QED) is 0.710. The summed E-state index contributed by atoms with van der Waals surface area (Å²) in [7, 11) is 0. The van der Waals surface area contributed by atoms with Crippen LogP contribution in [0.4, 0.5) is 13.2 Å². The Morgan fingerprint density at radius 1 is 1.29 bits per heavy atom. The number of ether oxygens (including phenoxy) is 1. The number of carbonyl (C=O) groups excluding carboxylic acids is 1. The third-order valence-corrected chi connectivity index (χ3v) is 2.98. The van der Waals surface area contributed by atoms with Crippen LogP contribution in [0.2, 0.25) is 0 Å². The van der Waals surface area contributed by atoms with Crippen molar-refractivity contribution in [2.75, 3.05) is 0 Å². The first kappa shape index (κ1) is 12.0. The van der Waals surface area contributed by atoms with Crippen molar-refractivity contribution in [3.05, 3.63) is 35.9 Å². The maximum Gasteiger partial charge on any atom is 0.402 e. The summed E-state index contributed by atoms with van der Waals surface area (Å²) in [5.41, 5.74) is -0.599. The van der Waals surface area contributed by atoms with Gasteiger partial charge >= 0.3 is 12.1 Å². The summed E-state index contributed by atoms with van der Waals surface area (Å²) in [4.78, 5) is 11.3. The molecule has 2 nitrogen and oxygen atoms in total. The van der Waals surface area contributed by atoms with Crippen molar-refractivity contribution in [1.29, 1.82) is 0 Å². The smallest absolute Gasteiger partial charge is 0.402 e. The van der Waals surface area contributed by atoms with Gasteiger partial charge in [0.25, 0.3) is 0 Å². The van der Waals surface area contributed by atoms with Gasteiger partial charge in [-0.05, 0) is 12.5 Å². The van der Waals surface area contributed by atoms with E-state index in [2.05, 4.69) is 0 Å². The van der Waals surface area contributed by atoms with Gasteiger partial charge in [-0.1, -0.05) is 30.3 Å². The first-order valence-electron chi connectivity index (χ1n) is 5.18. The Hall–Kier alpha value is -1.52. The van der Waals surface area contributed by atoms with Crippen molar-refractivity contribution in [3.63, 3.8) is 0 Å². The Kier molecular flexibility index (Phi) is 2.64. The van der Waals surface area contributed by atoms with Crippen LogP contribution in [0.5, 0.6) is 0 Å². The second kappa shape index (κ2) is 3.75. The molecule has 0 bridgehead atoms. The SMILES string of the molecule is C[C@]1(c2ccccc2)C[C@H](C(F)(F)F)C(=O)O1. The average Bonchev–Trinajstić information content (AvgIpc) is 2.57. The minimum absolute atomic E-state index is 0.362. The first-order chi connectivity index (χ1) is 7.83. The molecule has 0 aliphatic carbocycles. The molecule has 92 valence electrons. The van der Waals surface area contributed by atoms with Gasteiger partial charge in [0.05, 0.1) is 0 Å². The average molecular weight is 244 g/mol. The maximum atomic E-state index is 12.6. The van der Waals surface area contributed by atoms with Crippen LogP contribution in [0.1, 0.15) is 18.9 Å². The molecule has 0 aromatic heterocycles. The van der Waals surface area contributed by atoms with Crippen molar-refractivity contribution >= 4 is 5.97 Å². The normalized spacial score (nSPS) is 29.2. The van der Waals surface area contributed by atoms with Gasteiger partial charge in [-0.15, -0.1) is 0 Å². The molecule has 0 spiro atoms. The number of halogens is 3. The van der Waals surface area contributed by atoms with Crippen LogP contribution in [0.25, 0.3) is 0 Å². The highest BCUT2D eigenvalue weighted by molar-refractivity contribution is 5.76. The molecule has 1 saturated heterocycles. The van der Waals surface area contributed by atoms with E-state index < -0.39 is 23.7 Å². The summed E-state index contributed by atoms with van der Waals surface area (Å²) in [5, 5.41) is 0. The van der Waals surface area contributed by atoms with E-state index in [4.69, 9.17) is 4.74 Å². The lowest BCUT2D eigenvalue weighted by Gasteiger charge is -2.23. The number of esters is 1. The molecule has 5 heteroatoms. The van der Waals surface area contributed by atoms with Gasteiger partial charge in [-0.3, -0.25) is 4.79 Å². The highest BCUT2D eigenvalue weighted by atomic mass is 19.4. The van der Waals surface area contributed by atoms with Crippen LogP contribution in [0.15, 0.2) is 30.3 Å². The molecule has 1 aromatic carbocycles. The number of benzene rings is 1. The van der Waals surface area contributed by atoms with E-state index in [0.717, 1.165) is 0 Å². The van der Waals surface area contributed by atoms with Crippen LogP contribution in [-0.2, 0) is 15.1 Å². The van der Waals surface area contributed by atoms with E-state index in [0.29, 0.717) is 5.56 Å². The van der Waals surface area contributed by atoms with Crippen molar-refractivity contribution in [1.82, 2.24) is 0 Å². The highest BCUT2D eigenvalue weighted by Gasteiger charge is 2.56. The molecule has 1 heterocycles. The predicted octanol–water partition coefficient (Wildman–Crippen LogP) is 3.03. The molecule has 0 saturated carbocycles. The topological polar surface area (TPSA) is 26.3 Å². The number of rotatable bonds is 1. The minimum atomic E-state index is -4.54. The van der Waals surface area contributed by atoms with E-state index in [9.17, 15) is 18.0 Å². The summed E-state index contributed by atoms with van der Waals surface area (Å²) in [6.07, 6.45) is -4.90. The van der Waals surface area contributed by atoms with Gasteiger partial charge in [0.2, 0.25) is 0 Å². The van der Waals surface area contributed by atoms with E-state index in [-0.39, 0.29) is 6.42 Å². The van der Waals surface area contributed by atoms with Gasteiger partial charge in [0.1, 0.15) is 5.60 Å². The Balaban J connectivity index is 2.29. The van der Waals surface area contributed by atoms with Crippen molar-refractivity contribution in [3.8, 4) is 0 Å². The van der Waals surface area contributed by atoms with Crippen molar-refractivity contribution < 1.29 is 22.7 Å². The molecule has 17 heavy (non-hydrogen) atoms. The van der Waals surface area contributed by atoms with E-state index >= 15 is 0 Å². The maximum absolute atomic E-state index is 12.6. The summed E-state index contributed by atoms with van der Waals surface area (Å²) in [6.45, 7) is 1.51. The number of hydrogen-bond acceptors (Lipinski definition) is 2. The molecular weight excluding hydrogens is 233 g/mol. The third-order valence-electron chi connectivity index (χ3n) is 2.98. The summed E-state index contributed by atoms with van der Waals surface area (Å²) in [5.74, 6) is -3.21. The summed E-state index contributed by atoms with van der Waals surface area (Å²) >= 11 is 0. The Morgan fingerprint density at radius 2 is 1.88 bits per heavy atom. The van der Waals surface area contributed by atoms with Crippen LogP contribution < -0.4 is 0 Å². The fourth-order valence-corrected chi connectivity index (χ4v) is 2.02. The molecule has 0 radical (unpaired) electrons. The Bertz CT molecular complexity index is 427. The molecule has 1 aliphatic rings. The molecule has 2 atom stereocenters. The molecule has 1 fully saturated rings. The minimum Gasteiger partial charge on any atom is -0.454 e. The lowest BCUT2D eigenvalue weighted by molar-refractivity contribution is -0.185. The van der Waals surface area contributed by atoms with Crippen molar-refractivity contribution in [2.45, 2.75) is 25.1 Å². The number of alkyl halides is 3. The first-order valence-corrected chi connectivity index (χ1v) is 5.18. The molecule has 2 rings (SSSR count). The highest BCUT2D eigenvalue weighted by Crippen LogP contribution is 2.45. The van der Waals surface area contributed by atoms with Gasteiger partial charge in [-0.25, -0.2) is 0 Å². The Morgan fingerprint density at radius 3 is 2.35 bits per heavy atom. The molecular formula is C12H11F3O2. The zero-order valence-corrected chi connectivity index (χ0v) is 9.12. The Labute approximate surface area is 96.4 Å². The fourth-order valence-electron chi connectivity index (χ4n) is 2.02. The van der Waals surface area contributed by atoms with E-state index in [1.807, 2.05) is 0 Å². The number of carbonyl (C=O) groups is 1. The van der Waals surface area contributed by atoms with Gasteiger partial charge in [0, 0.05) is 6.42 Å². The monoisotopic (exact) mass is 244 g/mol. The zero-order chi connectivity index (χ0) is 12.7. The largest absolute Gasteiger partial charge is 0.454 e. The van der Waals surface area contributed by atoms with E-state index in [1.165, 1.54) is 6.92 Å². The van der Waals surface area contributed by atoms with Crippen LogP contribution in [-0.4, -0.2) is 12.1 Å². The van der Waals surface area contributed by atoms with Gasteiger partial charge in [-0.2, -0.15) is 13.2 Å². The second-order valence-corrected chi connectivity index (χ2v) is 4.32. The lowest BCUT2D eigenvalue weighted by atomic mass is 9.89. The summed E-state index contributed by atoms with van der Waals surface area (Å²) in [6, 6.07) is 8.48. The molecule has 0 amide bonds. The molecule has 0 N–H and O–H groups in total. The van der Waals surface area contributed by atoms with Gasteiger partial charge in [0.15, 0.2) is 5.92 Å². The third kappa shape index (κ3) is 2.14.